The Balaban J connectivity index is 3.60. The molecule has 1 unspecified atom stereocenters. The zero-order chi connectivity index (χ0) is 37.0. The number of rotatable bonds is 35. The second kappa shape index (κ2) is 43.0. The molecule has 4 heteroatoms. The van der Waals surface area contributed by atoms with Crippen molar-refractivity contribution in [3.05, 3.63) is 122 Å². The fraction of sp³-hybridized carbons (Fsp3) is 0.553. The molecule has 0 aromatic heterocycles. The quantitative estimate of drug-likeness (QED) is 0.0406. The van der Waals surface area contributed by atoms with Gasteiger partial charge in [0.25, 0.3) is 0 Å². The predicted octanol–water partition coefficient (Wildman–Crippen LogP) is 13.3. The lowest BCUT2D eigenvalue weighted by molar-refractivity contribution is -0.154. The van der Waals surface area contributed by atoms with E-state index in [1.165, 1.54) is 38.5 Å². The highest BCUT2D eigenvalue weighted by Gasteiger charge is 2.13. The summed E-state index contributed by atoms with van der Waals surface area (Å²) in [4.78, 5) is 12.1. The molecule has 0 saturated heterocycles. The van der Waals surface area contributed by atoms with Crippen LogP contribution in [0.5, 0.6) is 0 Å². The van der Waals surface area contributed by atoms with Gasteiger partial charge < -0.3 is 14.6 Å². The minimum Gasteiger partial charge on any atom is -0.457 e. The molecule has 0 spiro atoms. The molecule has 0 heterocycles. The Bertz CT molecular complexity index is 1050. The van der Waals surface area contributed by atoms with Crippen LogP contribution in [0.15, 0.2) is 122 Å². The highest BCUT2D eigenvalue weighted by Crippen LogP contribution is 2.10. The number of unbranched alkanes of at least 4 members (excludes halogenated alkanes) is 7. The zero-order valence-corrected chi connectivity index (χ0v) is 32.6. The molecular weight excluding hydrogens is 629 g/mol. The van der Waals surface area contributed by atoms with Gasteiger partial charge in [0.15, 0.2) is 0 Å². The molecule has 1 N–H and O–H groups in total. The van der Waals surface area contributed by atoms with E-state index in [1.54, 1.807) is 0 Å². The molecule has 0 rings (SSSR count). The van der Waals surface area contributed by atoms with Crippen molar-refractivity contribution in [3.63, 3.8) is 0 Å². The summed E-state index contributed by atoms with van der Waals surface area (Å²) in [5.41, 5.74) is 0. The molecule has 1 atom stereocenters. The Morgan fingerprint density at radius 2 is 0.824 bits per heavy atom. The predicted molar refractivity (Wildman–Crippen MR) is 223 cm³/mol. The first-order chi connectivity index (χ1) is 25.2. The van der Waals surface area contributed by atoms with Crippen molar-refractivity contribution in [2.45, 2.75) is 148 Å². The standard InChI is InChI=1S/C47H74O4/c1-3-5-7-9-11-13-15-17-18-19-20-21-22-23-24-25-26-27-28-29-31-33-35-37-39-41-43-50-45-46(44-48)51-47(49)42-40-38-36-34-32-30-16-14-12-10-8-6-4-2/h5-8,11-14,17-18,20-21,23-24,26-27,30,32,36,38,46,48H,3-4,9-10,15-16,19,22,25,28-29,31,33-35,37,39-45H2,1-2H3/b7-5-,8-6-,13-11-,14-12-,18-17-,21-20-,24-23-,27-26-,32-30-,38-36-. The summed E-state index contributed by atoms with van der Waals surface area (Å²) >= 11 is 0. The molecule has 0 bridgehead atoms. The molecule has 0 aliphatic carbocycles. The van der Waals surface area contributed by atoms with Crippen molar-refractivity contribution in [3.8, 4) is 0 Å². The summed E-state index contributed by atoms with van der Waals surface area (Å²) in [6, 6.07) is 0. The summed E-state index contributed by atoms with van der Waals surface area (Å²) in [6.45, 7) is 4.98. The van der Waals surface area contributed by atoms with Crippen LogP contribution < -0.4 is 0 Å². The second-order valence-corrected chi connectivity index (χ2v) is 12.6. The average molecular weight is 703 g/mol. The second-order valence-electron chi connectivity index (χ2n) is 12.6. The third-order valence-electron chi connectivity index (χ3n) is 7.80. The van der Waals surface area contributed by atoms with Crippen LogP contribution >= 0.6 is 0 Å². The lowest BCUT2D eigenvalue weighted by Gasteiger charge is -2.15. The number of allylic oxidation sites excluding steroid dienone is 20. The van der Waals surface area contributed by atoms with Gasteiger partial charge in [-0.25, -0.2) is 0 Å². The maximum absolute atomic E-state index is 12.1. The van der Waals surface area contributed by atoms with E-state index in [-0.39, 0.29) is 19.2 Å². The fourth-order valence-electron chi connectivity index (χ4n) is 4.87. The minimum atomic E-state index is -0.587. The van der Waals surface area contributed by atoms with Gasteiger partial charge in [-0.1, -0.05) is 167 Å². The number of ether oxygens (including phenoxy) is 2. The van der Waals surface area contributed by atoms with E-state index in [0.29, 0.717) is 19.4 Å². The third kappa shape index (κ3) is 41.1. The number of carbonyl (C=O) groups excluding carboxylic acids is 1. The summed E-state index contributed by atoms with van der Waals surface area (Å²) in [6.07, 6.45) is 64.1. The molecule has 0 radical (unpaired) electrons. The normalized spacial score (nSPS) is 13.7. The smallest absolute Gasteiger partial charge is 0.306 e. The Morgan fingerprint density at radius 1 is 0.471 bits per heavy atom. The molecule has 0 fully saturated rings. The summed E-state index contributed by atoms with van der Waals surface area (Å²) in [5.74, 6) is -0.291. The van der Waals surface area contributed by atoms with Crippen LogP contribution in [0, 0.1) is 0 Å². The largest absolute Gasteiger partial charge is 0.457 e. The van der Waals surface area contributed by atoms with Gasteiger partial charge in [-0.2, -0.15) is 0 Å². The number of aliphatic hydroxyl groups excluding tert-OH is 1. The van der Waals surface area contributed by atoms with Crippen molar-refractivity contribution < 1.29 is 19.4 Å². The number of carbonyl (C=O) groups is 1. The summed E-state index contributed by atoms with van der Waals surface area (Å²) < 4.78 is 11.1. The van der Waals surface area contributed by atoms with Gasteiger partial charge >= 0.3 is 5.97 Å². The van der Waals surface area contributed by atoms with Crippen LogP contribution in [0.1, 0.15) is 142 Å². The third-order valence-corrected chi connectivity index (χ3v) is 7.80. The zero-order valence-electron chi connectivity index (χ0n) is 32.6. The summed E-state index contributed by atoms with van der Waals surface area (Å²) in [5, 5.41) is 9.56. The van der Waals surface area contributed by atoms with Crippen molar-refractivity contribution in [2.24, 2.45) is 0 Å². The molecular formula is C47H74O4. The van der Waals surface area contributed by atoms with E-state index in [2.05, 4.69) is 129 Å². The number of aliphatic hydroxyl groups is 1. The Morgan fingerprint density at radius 3 is 1.24 bits per heavy atom. The maximum Gasteiger partial charge on any atom is 0.306 e. The van der Waals surface area contributed by atoms with E-state index >= 15 is 0 Å². The van der Waals surface area contributed by atoms with E-state index < -0.39 is 6.10 Å². The molecule has 0 aliphatic heterocycles. The lowest BCUT2D eigenvalue weighted by Crippen LogP contribution is -2.27. The van der Waals surface area contributed by atoms with Crippen LogP contribution in [-0.2, 0) is 14.3 Å². The molecule has 0 aliphatic rings. The van der Waals surface area contributed by atoms with Gasteiger partial charge in [-0.15, -0.1) is 0 Å². The first kappa shape index (κ1) is 47.8. The van der Waals surface area contributed by atoms with Crippen molar-refractivity contribution in [2.75, 3.05) is 19.8 Å². The number of hydrogen-bond donors (Lipinski definition) is 1. The van der Waals surface area contributed by atoms with E-state index in [0.717, 1.165) is 77.0 Å². The van der Waals surface area contributed by atoms with Crippen LogP contribution in [0.25, 0.3) is 0 Å². The summed E-state index contributed by atoms with van der Waals surface area (Å²) in [7, 11) is 0. The number of esters is 1. The van der Waals surface area contributed by atoms with E-state index in [9.17, 15) is 9.90 Å². The molecule has 0 aromatic carbocycles. The highest BCUT2D eigenvalue weighted by molar-refractivity contribution is 5.69. The van der Waals surface area contributed by atoms with Gasteiger partial charge in [0, 0.05) is 13.0 Å². The average Bonchev–Trinajstić information content (AvgIpc) is 3.14. The van der Waals surface area contributed by atoms with Gasteiger partial charge in [-0.05, 0) is 89.9 Å². The minimum absolute atomic E-state index is 0.214. The molecule has 0 aromatic rings. The number of hydrogen-bond acceptors (Lipinski definition) is 4. The molecule has 286 valence electrons. The van der Waals surface area contributed by atoms with Gasteiger partial charge in [0.2, 0.25) is 0 Å². The van der Waals surface area contributed by atoms with Crippen LogP contribution in [0.3, 0.4) is 0 Å². The van der Waals surface area contributed by atoms with Gasteiger partial charge in [0.1, 0.15) is 6.10 Å². The van der Waals surface area contributed by atoms with Crippen molar-refractivity contribution in [1.82, 2.24) is 0 Å². The first-order valence-corrected chi connectivity index (χ1v) is 20.1. The molecule has 0 saturated carbocycles. The van der Waals surface area contributed by atoms with Crippen molar-refractivity contribution >= 4 is 5.97 Å². The topological polar surface area (TPSA) is 55.8 Å². The van der Waals surface area contributed by atoms with Crippen LogP contribution in [0.4, 0.5) is 0 Å². The highest BCUT2D eigenvalue weighted by atomic mass is 16.6. The lowest BCUT2D eigenvalue weighted by atomic mass is 10.1. The maximum atomic E-state index is 12.1. The van der Waals surface area contributed by atoms with Crippen LogP contribution in [-0.4, -0.2) is 37.0 Å². The molecule has 51 heavy (non-hydrogen) atoms. The monoisotopic (exact) mass is 703 g/mol. The van der Waals surface area contributed by atoms with E-state index in [1.807, 2.05) is 6.08 Å². The Labute approximate surface area is 314 Å². The Hall–Kier alpha value is -3.21. The fourth-order valence-corrected chi connectivity index (χ4v) is 4.87. The van der Waals surface area contributed by atoms with Crippen molar-refractivity contribution in [1.29, 1.82) is 0 Å². The van der Waals surface area contributed by atoms with Crippen LogP contribution in [0.2, 0.25) is 0 Å². The Kier molecular flexibility index (Phi) is 40.3. The SMILES string of the molecule is CC/C=C\C/C=C\C/C=C\C/C=C\C/C=C\C/C=C\CCCCCCCCCOCC(CO)OC(=O)CC/C=C\C/C=C\C/C=C\C/C=C\CC. The van der Waals surface area contributed by atoms with Gasteiger partial charge in [0.05, 0.1) is 13.2 Å². The van der Waals surface area contributed by atoms with Gasteiger partial charge in [-0.3, -0.25) is 4.79 Å². The molecule has 4 nitrogen and oxygen atoms in total. The first-order valence-electron chi connectivity index (χ1n) is 20.1. The van der Waals surface area contributed by atoms with E-state index in [4.69, 9.17) is 9.47 Å². The molecule has 0 amide bonds.